The zero-order valence-corrected chi connectivity index (χ0v) is 14.8. The second-order valence-corrected chi connectivity index (χ2v) is 6.29. The Bertz CT molecular complexity index is 999. The Morgan fingerprint density at radius 2 is 1.88 bits per heavy atom. The number of benzene rings is 2. The van der Waals surface area contributed by atoms with Crippen molar-refractivity contribution >= 4 is 29.1 Å². The molecule has 0 atom stereocenters. The van der Waals surface area contributed by atoms with E-state index in [0.29, 0.717) is 16.3 Å². The molecule has 6 nitrogen and oxygen atoms in total. The summed E-state index contributed by atoms with van der Waals surface area (Å²) < 4.78 is 15.7. The van der Waals surface area contributed by atoms with Gasteiger partial charge >= 0.3 is 5.69 Å². The average Bonchev–Trinajstić information content (AvgIpc) is 2.97. The summed E-state index contributed by atoms with van der Waals surface area (Å²) in [5, 5.41) is 7.10. The second kappa shape index (κ2) is 7.72. The Balaban J connectivity index is 1.65. The first-order chi connectivity index (χ1) is 12.4. The quantitative estimate of drug-likeness (QED) is 0.723. The molecule has 0 unspecified atom stereocenters. The number of nitrogens with one attached hydrogen (secondary N) is 1. The third-order valence-electron chi connectivity index (χ3n) is 3.61. The molecule has 1 N–H and O–H groups in total. The Morgan fingerprint density at radius 3 is 2.58 bits per heavy atom. The van der Waals surface area contributed by atoms with Crippen LogP contribution in [0.1, 0.15) is 5.56 Å². The van der Waals surface area contributed by atoms with Crippen LogP contribution in [0.5, 0.6) is 0 Å². The number of carbonyl (C=O) groups is 1. The number of aromatic nitrogens is 3. The van der Waals surface area contributed by atoms with Gasteiger partial charge in [-0.15, -0.1) is 0 Å². The van der Waals surface area contributed by atoms with E-state index < -0.39 is 17.4 Å². The summed E-state index contributed by atoms with van der Waals surface area (Å²) in [5.41, 5.74) is 0.682. The van der Waals surface area contributed by atoms with Gasteiger partial charge in [-0.3, -0.25) is 4.79 Å². The molecule has 3 aromatic rings. The van der Waals surface area contributed by atoms with E-state index in [4.69, 9.17) is 23.2 Å². The van der Waals surface area contributed by atoms with E-state index in [9.17, 15) is 14.0 Å². The molecule has 134 valence electrons. The van der Waals surface area contributed by atoms with Crippen LogP contribution in [0.15, 0.2) is 53.6 Å². The molecule has 1 aromatic heterocycles. The molecule has 2 aromatic carbocycles. The molecule has 0 bridgehead atoms. The van der Waals surface area contributed by atoms with Crippen LogP contribution in [-0.4, -0.2) is 20.3 Å². The lowest BCUT2D eigenvalue weighted by Gasteiger charge is -2.06. The molecule has 0 spiro atoms. The summed E-state index contributed by atoms with van der Waals surface area (Å²) in [5.74, 6) is -0.986. The van der Waals surface area contributed by atoms with Crippen molar-refractivity contribution < 1.29 is 9.18 Å². The Kier molecular flexibility index (Phi) is 5.39. The maximum atomic E-state index is 13.4. The van der Waals surface area contributed by atoms with Crippen LogP contribution in [0.2, 0.25) is 10.0 Å². The minimum absolute atomic E-state index is 0.0133. The maximum Gasteiger partial charge on any atom is 0.350 e. The highest BCUT2D eigenvalue weighted by Crippen LogP contribution is 2.15. The molecule has 0 aliphatic carbocycles. The molecule has 0 fully saturated rings. The fraction of sp³-hybridized carbons (Fsp3) is 0.118. The van der Waals surface area contributed by atoms with Crippen LogP contribution in [0, 0.1) is 5.82 Å². The van der Waals surface area contributed by atoms with Gasteiger partial charge in [0, 0.05) is 11.6 Å². The third kappa shape index (κ3) is 4.12. The van der Waals surface area contributed by atoms with Gasteiger partial charge in [0.1, 0.15) is 18.7 Å². The van der Waals surface area contributed by atoms with E-state index in [2.05, 4.69) is 10.4 Å². The molecule has 0 saturated heterocycles. The lowest BCUT2D eigenvalue weighted by atomic mass is 10.2. The van der Waals surface area contributed by atoms with E-state index in [1.165, 1.54) is 23.0 Å². The Labute approximate surface area is 157 Å². The smallest absolute Gasteiger partial charge is 0.350 e. The van der Waals surface area contributed by atoms with Crippen molar-refractivity contribution in [1.29, 1.82) is 0 Å². The number of halogens is 3. The molecule has 9 heteroatoms. The minimum atomic E-state index is -0.559. The Hall–Kier alpha value is -2.64. The average molecular weight is 395 g/mol. The van der Waals surface area contributed by atoms with Crippen molar-refractivity contribution in [3.8, 4) is 5.69 Å². The van der Waals surface area contributed by atoms with E-state index in [0.717, 1.165) is 4.68 Å². The fourth-order valence-electron chi connectivity index (χ4n) is 2.27. The predicted molar refractivity (Wildman–Crippen MR) is 96.1 cm³/mol. The highest BCUT2D eigenvalue weighted by molar-refractivity contribution is 6.30. The lowest BCUT2D eigenvalue weighted by molar-refractivity contribution is -0.122. The molecule has 1 amide bonds. The van der Waals surface area contributed by atoms with Gasteiger partial charge in [-0.2, -0.15) is 5.10 Å². The second-order valence-electron chi connectivity index (χ2n) is 5.44. The molecule has 0 aliphatic heterocycles. The minimum Gasteiger partial charge on any atom is -0.350 e. The Morgan fingerprint density at radius 1 is 1.15 bits per heavy atom. The number of carbonyl (C=O) groups excluding carboxylic acids is 1. The summed E-state index contributed by atoms with van der Waals surface area (Å²) in [6, 6.07) is 10.9. The molecule has 0 aliphatic rings. The first kappa shape index (κ1) is 18.2. The van der Waals surface area contributed by atoms with Gasteiger partial charge < -0.3 is 5.32 Å². The molecule has 3 rings (SSSR count). The van der Waals surface area contributed by atoms with Gasteiger partial charge in [-0.1, -0.05) is 29.3 Å². The summed E-state index contributed by atoms with van der Waals surface area (Å²) in [7, 11) is 0. The van der Waals surface area contributed by atoms with Crippen LogP contribution in [0.25, 0.3) is 5.69 Å². The lowest BCUT2D eigenvalue weighted by Crippen LogP contribution is -2.33. The van der Waals surface area contributed by atoms with Gasteiger partial charge in [-0.25, -0.2) is 18.4 Å². The van der Waals surface area contributed by atoms with Crippen molar-refractivity contribution in [2.24, 2.45) is 0 Å². The largest absolute Gasteiger partial charge is 0.350 e. The summed E-state index contributed by atoms with van der Waals surface area (Å²) in [6.07, 6.45) is 1.33. The van der Waals surface area contributed by atoms with E-state index in [1.54, 1.807) is 30.3 Å². The van der Waals surface area contributed by atoms with Crippen molar-refractivity contribution in [1.82, 2.24) is 19.7 Å². The number of amides is 1. The topological polar surface area (TPSA) is 68.9 Å². The number of hydrogen-bond acceptors (Lipinski definition) is 3. The van der Waals surface area contributed by atoms with Crippen LogP contribution in [0.3, 0.4) is 0 Å². The molecule has 0 radical (unpaired) electrons. The summed E-state index contributed by atoms with van der Waals surface area (Å²) in [4.78, 5) is 24.4. The zero-order chi connectivity index (χ0) is 18.7. The predicted octanol–water partition coefficient (Wildman–Crippen LogP) is 2.80. The van der Waals surface area contributed by atoms with Gasteiger partial charge in [0.2, 0.25) is 5.91 Å². The highest BCUT2D eigenvalue weighted by Gasteiger charge is 2.11. The van der Waals surface area contributed by atoms with Gasteiger partial charge in [0.15, 0.2) is 0 Å². The SMILES string of the molecule is O=C(Cn1ncn(-c2ccc(Cl)cc2)c1=O)NCc1ccc(Cl)c(F)c1. The van der Waals surface area contributed by atoms with E-state index in [-0.39, 0.29) is 18.1 Å². The third-order valence-corrected chi connectivity index (χ3v) is 4.16. The van der Waals surface area contributed by atoms with Crippen LogP contribution < -0.4 is 11.0 Å². The number of rotatable bonds is 5. The maximum absolute atomic E-state index is 13.4. The van der Waals surface area contributed by atoms with Crippen molar-refractivity contribution in [2.45, 2.75) is 13.1 Å². The molecule has 26 heavy (non-hydrogen) atoms. The van der Waals surface area contributed by atoms with Gasteiger partial charge in [-0.05, 0) is 42.0 Å². The molecule has 1 heterocycles. The first-order valence-corrected chi connectivity index (χ1v) is 8.30. The number of nitrogens with zero attached hydrogens (tertiary/aromatic N) is 3. The van der Waals surface area contributed by atoms with E-state index in [1.807, 2.05) is 0 Å². The highest BCUT2D eigenvalue weighted by atomic mass is 35.5. The molecular formula is C17H13Cl2FN4O2. The first-order valence-electron chi connectivity index (χ1n) is 7.55. The van der Waals surface area contributed by atoms with Crippen molar-refractivity contribution in [2.75, 3.05) is 0 Å². The van der Waals surface area contributed by atoms with Gasteiger partial charge in [0.25, 0.3) is 0 Å². The normalized spacial score (nSPS) is 10.7. The summed E-state index contributed by atoms with van der Waals surface area (Å²) >= 11 is 11.4. The monoisotopic (exact) mass is 394 g/mol. The molecule has 0 saturated carbocycles. The number of hydrogen-bond donors (Lipinski definition) is 1. The fourth-order valence-corrected chi connectivity index (χ4v) is 2.51. The van der Waals surface area contributed by atoms with Crippen LogP contribution in [-0.2, 0) is 17.9 Å². The molecular weight excluding hydrogens is 382 g/mol. The van der Waals surface area contributed by atoms with Crippen molar-refractivity contribution in [3.05, 3.63) is 80.7 Å². The van der Waals surface area contributed by atoms with Crippen LogP contribution in [0.4, 0.5) is 4.39 Å². The van der Waals surface area contributed by atoms with E-state index >= 15 is 0 Å². The van der Waals surface area contributed by atoms with Crippen LogP contribution >= 0.6 is 23.2 Å². The zero-order valence-electron chi connectivity index (χ0n) is 13.3. The van der Waals surface area contributed by atoms with Crippen molar-refractivity contribution in [3.63, 3.8) is 0 Å². The summed E-state index contributed by atoms with van der Waals surface area (Å²) in [6.45, 7) is -0.144. The standard InChI is InChI=1S/C17H13Cl2FN4O2/c18-12-2-4-13(5-3-12)23-10-22-24(17(23)26)9-16(25)21-8-11-1-6-14(19)15(20)7-11/h1-7,10H,8-9H2,(H,21,25). The van der Waals surface area contributed by atoms with Gasteiger partial charge in [0.05, 0.1) is 10.7 Å².